The van der Waals surface area contributed by atoms with E-state index < -0.39 is 0 Å². The van der Waals surface area contributed by atoms with Gasteiger partial charge in [0.05, 0.1) is 0 Å². The molecule has 0 nitrogen and oxygen atoms in total. The molecule has 0 heteroatoms. The molecule has 102 valence electrons. The highest BCUT2D eigenvalue weighted by Crippen LogP contribution is 2.34. The fraction of sp³-hybridized carbons (Fsp3) is 0.526. The first kappa shape index (κ1) is 14.2. The average Bonchev–Trinajstić information content (AvgIpc) is 3.06. The van der Waals surface area contributed by atoms with E-state index in [1.807, 2.05) is 0 Å². The van der Waals surface area contributed by atoms with Crippen molar-refractivity contribution in [3.63, 3.8) is 0 Å². The first-order chi connectivity index (χ1) is 9.19. The van der Waals surface area contributed by atoms with Crippen molar-refractivity contribution >= 4 is 0 Å². The molecule has 2 rings (SSSR count). The molecule has 1 saturated carbocycles. The van der Waals surface area contributed by atoms with Crippen LogP contribution >= 0.6 is 0 Å². The van der Waals surface area contributed by atoms with Crippen LogP contribution in [0.5, 0.6) is 0 Å². The third kappa shape index (κ3) is 4.11. The molecule has 19 heavy (non-hydrogen) atoms. The maximum absolute atomic E-state index is 3.47. The van der Waals surface area contributed by atoms with E-state index in [4.69, 9.17) is 0 Å². The van der Waals surface area contributed by atoms with Gasteiger partial charge in [-0.1, -0.05) is 37.5 Å². The summed E-state index contributed by atoms with van der Waals surface area (Å²) in [5, 5.41) is 0. The molecule has 1 atom stereocenters. The quantitative estimate of drug-likeness (QED) is 0.443. The SMILES string of the molecule is C/C=C(/C)CC(C)C=C=C1C=CC(C2CCCC2)=C1. The first-order valence-electron chi connectivity index (χ1n) is 7.67. The molecule has 0 aromatic rings. The van der Waals surface area contributed by atoms with E-state index in [1.54, 1.807) is 0 Å². The van der Waals surface area contributed by atoms with Gasteiger partial charge in [-0.25, -0.2) is 0 Å². The molecule has 0 heterocycles. The van der Waals surface area contributed by atoms with Crippen LogP contribution in [-0.4, -0.2) is 0 Å². The van der Waals surface area contributed by atoms with Gasteiger partial charge in [0, 0.05) is 5.57 Å². The number of hydrogen-bond donors (Lipinski definition) is 0. The third-order valence-corrected chi connectivity index (χ3v) is 4.28. The first-order valence-corrected chi connectivity index (χ1v) is 7.67. The second-order valence-corrected chi connectivity index (χ2v) is 6.04. The maximum Gasteiger partial charge on any atom is 0.0164 e. The van der Waals surface area contributed by atoms with Gasteiger partial charge in [-0.05, 0) is 68.7 Å². The van der Waals surface area contributed by atoms with Crippen LogP contribution in [0.4, 0.5) is 0 Å². The largest absolute Gasteiger partial charge is 0.117 e. The molecular weight excluding hydrogens is 228 g/mol. The lowest BCUT2D eigenvalue weighted by Gasteiger charge is -2.06. The van der Waals surface area contributed by atoms with Crippen molar-refractivity contribution in [2.45, 2.75) is 52.9 Å². The molecule has 0 amide bonds. The predicted molar refractivity (Wildman–Crippen MR) is 84.0 cm³/mol. The summed E-state index contributed by atoms with van der Waals surface area (Å²) in [6.45, 7) is 6.58. The Bertz CT molecular complexity index is 458. The Morgan fingerprint density at radius 1 is 1.37 bits per heavy atom. The Labute approximate surface area is 118 Å². The van der Waals surface area contributed by atoms with Gasteiger partial charge in [0.2, 0.25) is 0 Å². The molecule has 0 bridgehead atoms. The molecule has 2 aliphatic carbocycles. The van der Waals surface area contributed by atoms with Crippen LogP contribution in [0.1, 0.15) is 52.9 Å². The third-order valence-electron chi connectivity index (χ3n) is 4.28. The van der Waals surface area contributed by atoms with Crippen molar-refractivity contribution in [2.24, 2.45) is 11.8 Å². The summed E-state index contributed by atoms with van der Waals surface area (Å²) in [5.74, 6) is 1.39. The van der Waals surface area contributed by atoms with Gasteiger partial charge in [-0.15, -0.1) is 5.73 Å². The summed E-state index contributed by atoms with van der Waals surface area (Å²) < 4.78 is 0. The minimum atomic E-state index is 0.570. The van der Waals surface area contributed by atoms with Crippen molar-refractivity contribution < 1.29 is 0 Å². The molecule has 2 aliphatic rings. The molecule has 0 spiro atoms. The maximum atomic E-state index is 3.47. The Morgan fingerprint density at radius 3 is 2.79 bits per heavy atom. The van der Waals surface area contributed by atoms with Gasteiger partial charge >= 0.3 is 0 Å². The molecule has 0 aromatic heterocycles. The van der Waals surface area contributed by atoms with Gasteiger partial charge in [-0.2, -0.15) is 0 Å². The van der Waals surface area contributed by atoms with Crippen LogP contribution in [0.2, 0.25) is 0 Å². The van der Waals surface area contributed by atoms with E-state index in [1.165, 1.54) is 42.4 Å². The molecule has 0 aromatic carbocycles. The summed E-state index contributed by atoms with van der Waals surface area (Å²) in [6, 6.07) is 0. The second-order valence-electron chi connectivity index (χ2n) is 6.04. The lowest BCUT2D eigenvalue weighted by molar-refractivity contribution is 0.659. The normalized spacial score (nSPS) is 21.5. The van der Waals surface area contributed by atoms with Crippen molar-refractivity contribution in [2.75, 3.05) is 0 Å². The van der Waals surface area contributed by atoms with Crippen molar-refractivity contribution in [3.8, 4) is 0 Å². The molecule has 1 unspecified atom stereocenters. The number of hydrogen-bond acceptors (Lipinski definition) is 0. The van der Waals surface area contributed by atoms with E-state index in [9.17, 15) is 0 Å². The average molecular weight is 254 g/mol. The van der Waals surface area contributed by atoms with Crippen LogP contribution in [0.3, 0.4) is 0 Å². The van der Waals surface area contributed by atoms with Gasteiger partial charge < -0.3 is 0 Å². The highest BCUT2D eigenvalue weighted by atomic mass is 14.2. The van der Waals surface area contributed by atoms with Crippen LogP contribution in [-0.2, 0) is 0 Å². The fourth-order valence-electron chi connectivity index (χ4n) is 2.99. The van der Waals surface area contributed by atoms with Crippen molar-refractivity contribution in [3.05, 3.63) is 52.8 Å². The van der Waals surface area contributed by atoms with Crippen LogP contribution in [0.25, 0.3) is 0 Å². The summed E-state index contributed by atoms with van der Waals surface area (Å²) in [4.78, 5) is 0. The van der Waals surface area contributed by atoms with Gasteiger partial charge in [-0.3, -0.25) is 0 Å². The van der Waals surface area contributed by atoms with Crippen molar-refractivity contribution in [1.29, 1.82) is 0 Å². The van der Waals surface area contributed by atoms with E-state index in [0.29, 0.717) is 5.92 Å². The van der Waals surface area contributed by atoms with Crippen LogP contribution in [0, 0.1) is 11.8 Å². The Hall–Kier alpha value is -1.26. The number of rotatable bonds is 4. The molecule has 1 fully saturated rings. The zero-order chi connectivity index (χ0) is 13.7. The highest BCUT2D eigenvalue weighted by Gasteiger charge is 2.19. The minimum absolute atomic E-state index is 0.570. The van der Waals surface area contributed by atoms with Gasteiger partial charge in [0.1, 0.15) is 0 Å². The van der Waals surface area contributed by atoms with Gasteiger partial charge in [0.25, 0.3) is 0 Å². The summed E-state index contributed by atoms with van der Waals surface area (Å²) in [6.07, 6.45) is 18.0. The zero-order valence-corrected chi connectivity index (χ0v) is 12.6. The van der Waals surface area contributed by atoms with E-state index in [0.717, 1.165) is 12.3 Å². The minimum Gasteiger partial charge on any atom is -0.117 e. The number of allylic oxidation sites excluding steroid dienone is 7. The van der Waals surface area contributed by atoms with Gasteiger partial charge in [0.15, 0.2) is 0 Å². The topological polar surface area (TPSA) is 0 Å². The van der Waals surface area contributed by atoms with Crippen LogP contribution < -0.4 is 0 Å². The summed E-state index contributed by atoms with van der Waals surface area (Å²) in [7, 11) is 0. The molecule has 0 N–H and O–H groups in total. The van der Waals surface area contributed by atoms with E-state index >= 15 is 0 Å². The molecular formula is C19H26. The predicted octanol–water partition coefficient (Wildman–Crippen LogP) is 5.75. The lowest BCUT2D eigenvalue weighted by Crippen LogP contribution is -1.93. The molecule has 0 aliphatic heterocycles. The second kappa shape index (κ2) is 6.78. The fourth-order valence-corrected chi connectivity index (χ4v) is 2.99. The standard InChI is InChI=1S/C19H26/c1-4-15(2)13-16(3)9-10-17-11-12-19(14-17)18-7-5-6-8-18/h4,9,11-12,14,16,18H,5-8,13H2,1-3H3/b15-4-. The summed E-state index contributed by atoms with van der Waals surface area (Å²) in [5.41, 5.74) is 7.71. The van der Waals surface area contributed by atoms with Crippen LogP contribution in [0.15, 0.2) is 52.8 Å². The lowest BCUT2D eigenvalue weighted by atomic mass is 9.98. The Morgan fingerprint density at radius 2 is 2.11 bits per heavy atom. The smallest absolute Gasteiger partial charge is 0.0164 e. The zero-order valence-electron chi connectivity index (χ0n) is 12.6. The monoisotopic (exact) mass is 254 g/mol. The van der Waals surface area contributed by atoms with E-state index in [-0.39, 0.29) is 0 Å². The van der Waals surface area contributed by atoms with E-state index in [2.05, 4.69) is 56.9 Å². The van der Waals surface area contributed by atoms with Crippen molar-refractivity contribution in [1.82, 2.24) is 0 Å². The molecule has 0 radical (unpaired) electrons. The Kier molecular flexibility index (Phi) is 5.05. The Balaban J connectivity index is 1.99. The molecule has 0 saturated heterocycles. The summed E-state index contributed by atoms with van der Waals surface area (Å²) >= 11 is 0. The highest BCUT2D eigenvalue weighted by molar-refractivity contribution is 5.46.